The molecule has 3 aromatic rings. The van der Waals surface area contributed by atoms with Crippen molar-refractivity contribution in [3.8, 4) is 0 Å². The molecule has 0 amide bonds. The van der Waals surface area contributed by atoms with E-state index in [9.17, 15) is 14.3 Å². The average molecular weight is 1050 g/mol. The van der Waals surface area contributed by atoms with Gasteiger partial charge in [-0.2, -0.15) is 0 Å². The number of carbonyl (C=O) groups is 1. The first kappa shape index (κ1) is 64.6. The third-order valence-corrected chi connectivity index (χ3v) is 14.6. The number of carbonyl (C=O) groups excluding carboxylic acids is 1. The molecule has 1 aromatic carbocycles. The van der Waals surface area contributed by atoms with Crippen LogP contribution in [0.5, 0.6) is 0 Å². The molecule has 15 heteroatoms. The van der Waals surface area contributed by atoms with Gasteiger partial charge in [0, 0.05) is 24.8 Å². The highest BCUT2D eigenvalue weighted by Gasteiger charge is 2.23. The Labute approximate surface area is 442 Å². The van der Waals surface area contributed by atoms with Gasteiger partial charge < -0.3 is 38.9 Å². The van der Waals surface area contributed by atoms with Crippen molar-refractivity contribution in [1.82, 2.24) is 14.5 Å². The predicted octanol–water partition coefficient (Wildman–Crippen LogP) is 15.0. The fourth-order valence-electron chi connectivity index (χ4n) is 9.27. The van der Waals surface area contributed by atoms with Gasteiger partial charge in [-0.05, 0) is 32.3 Å². The molecule has 0 aliphatic rings. The third-order valence-electron chi connectivity index (χ3n) is 13.6. The lowest BCUT2D eigenvalue weighted by molar-refractivity contribution is -0.158. The van der Waals surface area contributed by atoms with Crippen LogP contribution in [-0.2, 0) is 55.1 Å². The fraction of sp³-hybridized carbons (Fsp3) is 0.810. The van der Waals surface area contributed by atoms with Gasteiger partial charge >= 0.3 is 13.8 Å². The Morgan fingerprint density at radius 1 is 0.616 bits per heavy atom. The minimum Gasteiger partial charge on any atom is -0.457 e. The van der Waals surface area contributed by atoms with Crippen molar-refractivity contribution in [2.24, 2.45) is 0 Å². The SMILES string of the molecule is CCCCCCCCCCCCCCCC(=O)O[C@@H](COCCOCCOCCOP(=O)(O)OCCn1c(CCCC)nc2c(N)nc3ccccc3c21)COC(C)CCCCCCCCCCCCCCC. The first-order chi connectivity index (χ1) is 35.7. The number of para-hydroxylation sites is 1. The summed E-state index contributed by atoms with van der Waals surface area (Å²) in [6, 6.07) is 7.73. The summed E-state index contributed by atoms with van der Waals surface area (Å²) in [5.41, 5.74) is 8.51. The number of unbranched alkanes of at least 4 members (excludes halogenated alkanes) is 25. The second-order valence-electron chi connectivity index (χ2n) is 20.2. The topological polar surface area (TPSA) is 176 Å². The Morgan fingerprint density at radius 3 is 1.68 bits per heavy atom. The van der Waals surface area contributed by atoms with Crippen molar-refractivity contribution in [3.05, 3.63) is 30.1 Å². The molecule has 0 aliphatic carbocycles. The molecule has 0 saturated heterocycles. The predicted molar refractivity (Wildman–Crippen MR) is 298 cm³/mol. The van der Waals surface area contributed by atoms with Crippen molar-refractivity contribution in [1.29, 1.82) is 0 Å². The number of nitrogens with two attached hydrogens (primary N) is 1. The first-order valence-electron chi connectivity index (χ1n) is 29.4. The number of ether oxygens (including phenoxy) is 5. The number of pyridine rings is 1. The van der Waals surface area contributed by atoms with E-state index in [2.05, 4.69) is 32.7 Å². The van der Waals surface area contributed by atoms with Crippen LogP contribution in [0.3, 0.4) is 0 Å². The lowest BCUT2D eigenvalue weighted by atomic mass is 10.0. The van der Waals surface area contributed by atoms with Crippen LogP contribution in [0.15, 0.2) is 24.3 Å². The number of nitrogens with zero attached hydrogens (tertiary/aromatic N) is 3. The molecule has 0 saturated carbocycles. The first-order valence-corrected chi connectivity index (χ1v) is 30.9. The molecular weight excluding hydrogens is 944 g/mol. The van der Waals surface area contributed by atoms with Crippen LogP contribution in [-0.4, -0.2) is 97.1 Å². The molecule has 0 spiro atoms. The van der Waals surface area contributed by atoms with Gasteiger partial charge in [0.2, 0.25) is 0 Å². The van der Waals surface area contributed by atoms with E-state index < -0.39 is 13.9 Å². The van der Waals surface area contributed by atoms with Crippen LogP contribution in [0.4, 0.5) is 5.82 Å². The molecule has 3 atom stereocenters. The van der Waals surface area contributed by atoms with Crippen molar-refractivity contribution >= 4 is 41.5 Å². The zero-order chi connectivity index (χ0) is 52.5. The number of anilines is 1. The number of hydrogen-bond acceptors (Lipinski definition) is 12. The van der Waals surface area contributed by atoms with Gasteiger partial charge in [0.1, 0.15) is 17.4 Å². The number of phosphoric acid groups is 1. The molecule has 2 heterocycles. The Kier molecular flexibility index (Phi) is 37.6. The van der Waals surface area contributed by atoms with Crippen LogP contribution in [0.2, 0.25) is 0 Å². The number of rotatable bonds is 51. The van der Waals surface area contributed by atoms with Crippen molar-refractivity contribution in [2.75, 3.05) is 65.2 Å². The summed E-state index contributed by atoms with van der Waals surface area (Å²) in [6.07, 6.45) is 37.4. The second-order valence-corrected chi connectivity index (χ2v) is 21.7. The number of benzene rings is 1. The summed E-state index contributed by atoms with van der Waals surface area (Å²) < 4.78 is 54.6. The maximum Gasteiger partial charge on any atom is 0.472 e. The summed E-state index contributed by atoms with van der Waals surface area (Å²) in [7, 11) is -4.34. The highest BCUT2D eigenvalue weighted by Crippen LogP contribution is 2.43. The molecule has 0 aliphatic heterocycles. The molecule has 0 radical (unpaired) electrons. The molecule has 0 fully saturated rings. The average Bonchev–Trinajstić information content (AvgIpc) is 3.75. The van der Waals surface area contributed by atoms with Crippen LogP contribution < -0.4 is 5.73 Å². The number of esters is 1. The lowest BCUT2D eigenvalue weighted by Crippen LogP contribution is -2.30. The smallest absolute Gasteiger partial charge is 0.457 e. The van der Waals surface area contributed by atoms with Crippen molar-refractivity contribution < 1.29 is 47.0 Å². The van der Waals surface area contributed by atoms with Crippen LogP contribution in [0, 0.1) is 0 Å². The molecular formula is C58H103N4O10P. The van der Waals surface area contributed by atoms with Crippen LogP contribution in [0.25, 0.3) is 21.9 Å². The zero-order valence-corrected chi connectivity index (χ0v) is 47.3. The molecule has 14 nitrogen and oxygen atoms in total. The minimum atomic E-state index is -4.34. The molecule has 2 aromatic heterocycles. The maximum atomic E-state index is 12.9. The van der Waals surface area contributed by atoms with E-state index in [0.29, 0.717) is 44.2 Å². The number of phosphoric ester groups is 1. The number of imidazole rings is 1. The Morgan fingerprint density at radius 2 is 1.11 bits per heavy atom. The van der Waals surface area contributed by atoms with E-state index in [1.54, 1.807) is 0 Å². The summed E-state index contributed by atoms with van der Waals surface area (Å²) in [6.45, 7) is 10.7. The standard InChI is InChI=1S/C58H103N4O10P/c1-5-8-11-13-15-17-19-21-23-25-27-29-31-35-50(4)69-49-51(72-55(63)39-32-30-28-26-24-22-20-18-16-14-12-9-6-2)48-68-45-44-66-42-43-67-46-47-71-73(64,65)70-41-40-62-54(38-10-7-3)61-56-57(62)52-36-33-34-37-53(52)60-58(56)59/h33-34,36-37,50-51H,5-32,35,38-49H2,1-4H3,(H2,59,60)(H,64,65)/t50?,51-/m0/s1. The van der Waals surface area contributed by atoms with Gasteiger partial charge in [0.15, 0.2) is 5.82 Å². The summed E-state index contributed by atoms with van der Waals surface area (Å²) in [5.74, 6) is 0.981. The summed E-state index contributed by atoms with van der Waals surface area (Å²) in [4.78, 5) is 32.7. The maximum absolute atomic E-state index is 12.9. The van der Waals surface area contributed by atoms with Crippen molar-refractivity contribution in [2.45, 2.75) is 245 Å². The van der Waals surface area contributed by atoms with E-state index >= 15 is 0 Å². The van der Waals surface area contributed by atoms with Gasteiger partial charge in [-0.3, -0.25) is 13.8 Å². The highest BCUT2D eigenvalue weighted by atomic mass is 31.2. The Balaban J connectivity index is 1.29. The van der Waals surface area contributed by atoms with E-state index in [1.807, 2.05) is 28.8 Å². The van der Waals surface area contributed by atoms with Gasteiger partial charge in [-0.25, -0.2) is 14.5 Å². The van der Waals surface area contributed by atoms with Crippen LogP contribution in [0.1, 0.15) is 226 Å². The van der Waals surface area contributed by atoms with Crippen LogP contribution >= 0.6 is 7.82 Å². The normalized spacial score (nSPS) is 13.5. The molecule has 73 heavy (non-hydrogen) atoms. The van der Waals surface area contributed by atoms with E-state index in [-0.39, 0.29) is 51.7 Å². The van der Waals surface area contributed by atoms with E-state index in [0.717, 1.165) is 73.6 Å². The van der Waals surface area contributed by atoms with Gasteiger partial charge in [0.05, 0.1) is 76.6 Å². The Hall–Kier alpha value is -2.68. The third kappa shape index (κ3) is 30.6. The fourth-order valence-corrected chi connectivity index (χ4v) is 9.97. The number of aromatic nitrogens is 3. The highest BCUT2D eigenvalue weighted by molar-refractivity contribution is 7.47. The Bertz CT molecular complexity index is 1870. The minimum absolute atomic E-state index is 0.0694. The van der Waals surface area contributed by atoms with Gasteiger partial charge in [-0.15, -0.1) is 0 Å². The number of nitrogen functional groups attached to an aromatic ring is 1. The molecule has 2 unspecified atom stereocenters. The summed E-state index contributed by atoms with van der Waals surface area (Å²) >= 11 is 0. The zero-order valence-electron chi connectivity index (χ0n) is 46.4. The monoisotopic (exact) mass is 1050 g/mol. The quantitative estimate of drug-likeness (QED) is 0.0311. The van der Waals surface area contributed by atoms with Gasteiger partial charge in [0.25, 0.3) is 0 Å². The van der Waals surface area contributed by atoms with E-state index in [1.165, 1.54) is 141 Å². The van der Waals surface area contributed by atoms with Crippen molar-refractivity contribution in [3.63, 3.8) is 0 Å². The number of aryl methyl sites for hydroxylation is 1. The molecule has 3 N–H and O–H groups in total. The van der Waals surface area contributed by atoms with Gasteiger partial charge in [-0.1, -0.05) is 206 Å². The second kappa shape index (κ2) is 42.4. The number of fused-ring (bicyclic) bond motifs is 3. The van der Waals surface area contributed by atoms with E-state index in [4.69, 9.17) is 43.4 Å². The molecule has 420 valence electrons. The molecule has 0 bridgehead atoms. The molecule has 3 rings (SSSR count). The lowest BCUT2D eigenvalue weighted by Gasteiger charge is -2.21. The largest absolute Gasteiger partial charge is 0.472 e. The summed E-state index contributed by atoms with van der Waals surface area (Å²) in [5, 5.41) is 0.904. The number of hydrogen-bond donors (Lipinski definition) is 2.